The molecular formula is C13H18ClN3O. The van der Waals surface area contributed by atoms with Crippen molar-refractivity contribution in [1.82, 2.24) is 15.1 Å². The Labute approximate surface area is 112 Å². The largest absolute Gasteiger partial charge is 0.468 e. The van der Waals surface area contributed by atoms with E-state index in [1.54, 1.807) is 6.26 Å². The zero-order chi connectivity index (χ0) is 13.1. The fraction of sp³-hybridized carbons (Fsp3) is 0.462. The molecule has 0 unspecified atom stereocenters. The van der Waals surface area contributed by atoms with Crippen LogP contribution in [0, 0.1) is 0 Å². The van der Waals surface area contributed by atoms with Crippen LogP contribution in [0.5, 0.6) is 0 Å². The standard InChI is InChI=1S/C13H18ClN3O/c1-4-10-13(14)11(17(3)16-10)8-15-9(2)12-6-5-7-18-12/h5-7,9,15H,4,8H2,1-3H3/t9-/m0/s1. The smallest absolute Gasteiger partial charge is 0.120 e. The minimum absolute atomic E-state index is 0.149. The lowest BCUT2D eigenvalue weighted by Crippen LogP contribution is -2.19. The van der Waals surface area contributed by atoms with Crippen LogP contribution in [0.3, 0.4) is 0 Å². The molecule has 1 atom stereocenters. The first-order chi connectivity index (χ1) is 8.63. The highest BCUT2D eigenvalue weighted by Gasteiger charge is 2.14. The molecule has 1 N–H and O–H groups in total. The second-order valence-corrected chi connectivity index (χ2v) is 4.68. The van der Waals surface area contributed by atoms with Gasteiger partial charge in [-0.15, -0.1) is 0 Å². The zero-order valence-electron chi connectivity index (χ0n) is 10.9. The SMILES string of the molecule is CCc1nn(C)c(CN[C@@H](C)c2ccco2)c1Cl. The molecule has 2 aromatic heterocycles. The highest BCUT2D eigenvalue weighted by molar-refractivity contribution is 6.31. The highest BCUT2D eigenvalue weighted by atomic mass is 35.5. The first-order valence-corrected chi connectivity index (χ1v) is 6.48. The van der Waals surface area contributed by atoms with Gasteiger partial charge in [0.1, 0.15) is 5.76 Å². The van der Waals surface area contributed by atoms with Gasteiger partial charge in [0.25, 0.3) is 0 Å². The molecule has 2 aromatic rings. The molecule has 2 heterocycles. The van der Waals surface area contributed by atoms with E-state index in [2.05, 4.69) is 24.3 Å². The fourth-order valence-electron chi connectivity index (χ4n) is 1.90. The van der Waals surface area contributed by atoms with E-state index in [0.29, 0.717) is 6.54 Å². The predicted molar refractivity (Wildman–Crippen MR) is 71.6 cm³/mol. The zero-order valence-corrected chi connectivity index (χ0v) is 11.7. The summed E-state index contributed by atoms with van der Waals surface area (Å²) in [5.41, 5.74) is 1.95. The van der Waals surface area contributed by atoms with E-state index in [9.17, 15) is 0 Å². The maximum absolute atomic E-state index is 6.29. The second kappa shape index (κ2) is 5.59. The van der Waals surface area contributed by atoms with Crippen molar-refractivity contribution in [2.45, 2.75) is 32.9 Å². The van der Waals surface area contributed by atoms with E-state index in [-0.39, 0.29) is 6.04 Å². The molecular weight excluding hydrogens is 250 g/mol. The van der Waals surface area contributed by atoms with Gasteiger partial charge >= 0.3 is 0 Å². The Morgan fingerprint density at radius 3 is 2.89 bits per heavy atom. The quantitative estimate of drug-likeness (QED) is 0.905. The molecule has 0 fully saturated rings. The Morgan fingerprint density at radius 2 is 2.33 bits per heavy atom. The third-order valence-electron chi connectivity index (χ3n) is 3.05. The third kappa shape index (κ3) is 2.60. The molecule has 0 aliphatic carbocycles. The number of halogens is 1. The molecule has 5 heteroatoms. The molecule has 0 saturated heterocycles. The van der Waals surface area contributed by atoms with Crippen molar-refractivity contribution in [1.29, 1.82) is 0 Å². The Kier molecular flexibility index (Phi) is 4.09. The molecule has 0 spiro atoms. The van der Waals surface area contributed by atoms with Crippen LogP contribution in [0.1, 0.15) is 37.0 Å². The molecule has 0 aliphatic rings. The summed E-state index contributed by atoms with van der Waals surface area (Å²) in [5.74, 6) is 0.920. The molecule has 0 aliphatic heterocycles. The van der Waals surface area contributed by atoms with Gasteiger partial charge in [0, 0.05) is 13.6 Å². The van der Waals surface area contributed by atoms with Crippen LogP contribution in [0.25, 0.3) is 0 Å². The van der Waals surface area contributed by atoms with Crippen molar-refractivity contribution in [2.24, 2.45) is 7.05 Å². The maximum Gasteiger partial charge on any atom is 0.120 e. The van der Waals surface area contributed by atoms with Gasteiger partial charge < -0.3 is 9.73 Å². The van der Waals surface area contributed by atoms with Crippen LogP contribution < -0.4 is 5.32 Å². The minimum atomic E-state index is 0.149. The number of hydrogen-bond donors (Lipinski definition) is 1. The molecule has 0 radical (unpaired) electrons. The summed E-state index contributed by atoms with van der Waals surface area (Å²) in [4.78, 5) is 0. The monoisotopic (exact) mass is 267 g/mol. The number of aryl methyl sites for hydroxylation is 2. The van der Waals surface area contributed by atoms with Crippen LogP contribution in [0.4, 0.5) is 0 Å². The lowest BCUT2D eigenvalue weighted by Gasteiger charge is -2.11. The summed E-state index contributed by atoms with van der Waals surface area (Å²) in [6.07, 6.45) is 2.53. The second-order valence-electron chi connectivity index (χ2n) is 4.30. The van der Waals surface area contributed by atoms with Gasteiger partial charge in [0.15, 0.2) is 0 Å². The molecule has 0 aromatic carbocycles. The van der Waals surface area contributed by atoms with Gasteiger partial charge in [-0.2, -0.15) is 5.10 Å². The Hall–Kier alpha value is -1.26. The summed E-state index contributed by atoms with van der Waals surface area (Å²) in [7, 11) is 1.92. The van der Waals surface area contributed by atoms with Crippen molar-refractivity contribution < 1.29 is 4.42 Å². The Morgan fingerprint density at radius 1 is 1.56 bits per heavy atom. The van der Waals surface area contributed by atoms with Crippen LogP contribution in [0.2, 0.25) is 5.02 Å². The fourth-order valence-corrected chi connectivity index (χ4v) is 2.26. The van der Waals surface area contributed by atoms with E-state index in [0.717, 1.165) is 28.6 Å². The number of furan rings is 1. The van der Waals surface area contributed by atoms with Crippen molar-refractivity contribution in [3.8, 4) is 0 Å². The van der Waals surface area contributed by atoms with Gasteiger partial charge in [-0.1, -0.05) is 18.5 Å². The van der Waals surface area contributed by atoms with Crippen LogP contribution in [-0.2, 0) is 20.0 Å². The van der Waals surface area contributed by atoms with E-state index in [1.165, 1.54) is 0 Å². The number of aromatic nitrogens is 2. The summed E-state index contributed by atoms with van der Waals surface area (Å²) < 4.78 is 7.19. The van der Waals surface area contributed by atoms with Crippen molar-refractivity contribution in [3.63, 3.8) is 0 Å². The lowest BCUT2D eigenvalue weighted by atomic mass is 10.2. The van der Waals surface area contributed by atoms with Crippen molar-refractivity contribution in [3.05, 3.63) is 40.6 Å². The van der Waals surface area contributed by atoms with E-state index in [4.69, 9.17) is 16.0 Å². The summed E-state index contributed by atoms with van der Waals surface area (Å²) in [5, 5.41) is 8.54. The topological polar surface area (TPSA) is 43.0 Å². The third-order valence-corrected chi connectivity index (χ3v) is 3.48. The predicted octanol–water partition coefficient (Wildman–Crippen LogP) is 3.08. The average Bonchev–Trinajstić information content (AvgIpc) is 2.96. The molecule has 18 heavy (non-hydrogen) atoms. The van der Waals surface area contributed by atoms with Gasteiger partial charge in [0.05, 0.1) is 28.7 Å². The molecule has 0 bridgehead atoms. The van der Waals surface area contributed by atoms with Gasteiger partial charge in [-0.25, -0.2) is 0 Å². The van der Waals surface area contributed by atoms with E-state index < -0.39 is 0 Å². The van der Waals surface area contributed by atoms with Crippen molar-refractivity contribution >= 4 is 11.6 Å². The molecule has 98 valence electrons. The number of nitrogens with one attached hydrogen (secondary N) is 1. The summed E-state index contributed by atoms with van der Waals surface area (Å²) in [6.45, 7) is 4.78. The summed E-state index contributed by atoms with van der Waals surface area (Å²) in [6, 6.07) is 4.00. The first-order valence-electron chi connectivity index (χ1n) is 6.10. The Bertz CT molecular complexity index is 505. The number of nitrogens with zero attached hydrogens (tertiary/aromatic N) is 2. The van der Waals surface area contributed by atoms with Gasteiger partial charge in [-0.05, 0) is 25.5 Å². The summed E-state index contributed by atoms with van der Waals surface area (Å²) >= 11 is 6.29. The van der Waals surface area contributed by atoms with E-state index >= 15 is 0 Å². The molecule has 4 nitrogen and oxygen atoms in total. The normalized spacial score (nSPS) is 12.9. The van der Waals surface area contributed by atoms with Crippen molar-refractivity contribution in [2.75, 3.05) is 0 Å². The number of rotatable bonds is 5. The first kappa shape index (κ1) is 13.2. The maximum atomic E-state index is 6.29. The van der Waals surface area contributed by atoms with Crippen LogP contribution in [-0.4, -0.2) is 9.78 Å². The Balaban J connectivity index is 2.04. The van der Waals surface area contributed by atoms with E-state index in [1.807, 2.05) is 23.9 Å². The minimum Gasteiger partial charge on any atom is -0.468 e. The lowest BCUT2D eigenvalue weighted by molar-refractivity contribution is 0.426. The van der Waals surface area contributed by atoms with Gasteiger partial charge in [0.2, 0.25) is 0 Å². The highest BCUT2D eigenvalue weighted by Crippen LogP contribution is 2.21. The van der Waals surface area contributed by atoms with Gasteiger partial charge in [-0.3, -0.25) is 4.68 Å². The average molecular weight is 268 g/mol. The molecule has 2 rings (SSSR count). The van der Waals surface area contributed by atoms with Crippen LogP contribution >= 0.6 is 11.6 Å². The molecule has 0 amide bonds. The van der Waals surface area contributed by atoms with Crippen LogP contribution in [0.15, 0.2) is 22.8 Å². The number of hydrogen-bond acceptors (Lipinski definition) is 3. The molecule has 0 saturated carbocycles.